The molecule has 0 aliphatic carbocycles. The maximum atomic E-state index is 11.3. The Morgan fingerprint density at radius 1 is 1.22 bits per heavy atom. The Bertz CT molecular complexity index is 621. The van der Waals surface area contributed by atoms with Gasteiger partial charge in [-0.1, -0.05) is 23.8 Å². The fourth-order valence-electron chi connectivity index (χ4n) is 2.04. The van der Waals surface area contributed by atoms with Crippen LogP contribution in [0.5, 0.6) is 0 Å². The van der Waals surface area contributed by atoms with Crippen LogP contribution in [-0.2, 0) is 0 Å². The molecule has 92 valence electrons. The van der Waals surface area contributed by atoms with Crippen molar-refractivity contribution in [2.75, 3.05) is 5.73 Å². The Labute approximate surface area is 105 Å². The lowest BCUT2D eigenvalue weighted by atomic mass is 9.95. The molecule has 1 heterocycles. The monoisotopic (exact) mass is 242 g/mol. The molecule has 4 heteroatoms. The first-order valence-electron chi connectivity index (χ1n) is 5.56. The van der Waals surface area contributed by atoms with E-state index in [1.54, 1.807) is 6.07 Å². The van der Waals surface area contributed by atoms with Crippen molar-refractivity contribution < 1.29 is 9.90 Å². The average Bonchev–Trinajstić information content (AvgIpc) is 2.28. The molecule has 0 amide bonds. The van der Waals surface area contributed by atoms with Crippen molar-refractivity contribution in [3.8, 4) is 11.1 Å². The highest BCUT2D eigenvalue weighted by atomic mass is 16.4. The van der Waals surface area contributed by atoms with Crippen LogP contribution in [-0.4, -0.2) is 16.1 Å². The zero-order valence-corrected chi connectivity index (χ0v) is 10.3. The molecule has 18 heavy (non-hydrogen) atoms. The molecule has 3 N–H and O–H groups in total. The predicted octanol–water partition coefficient (Wildman–Crippen LogP) is 2.65. The zero-order valence-electron chi connectivity index (χ0n) is 10.3. The molecule has 4 nitrogen and oxygen atoms in total. The normalized spacial score (nSPS) is 10.3. The van der Waals surface area contributed by atoms with Gasteiger partial charge in [-0.15, -0.1) is 0 Å². The lowest BCUT2D eigenvalue weighted by Crippen LogP contribution is -2.07. The highest BCUT2D eigenvalue weighted by Gasteiger charge is 2.17. The zero-order chi connectivity index (χ0) is 13.3. The lowest BCUT2D eigenvalue weighted by molar-refractivity contribution is 0.0698. The summed E-state index contributed by atoms with van der Waals surface area (Å²) in [6, 6.07) is 7.55. The summed E-state index contributed by atoms with van der Waals surface area (Å²) >= 11 is 0. The molecule has 0 spiro atoms. The highest BCUT2D eigenvalue weighted by Crippen LogP contribution is 2.29. The number of carbonyl (C=O) groups is 1. The second-order valence-corrected chi connectivity index (χ2v) is 4.24. The fraction of sp³-hybridized carbons (Fsp3) is 0.143. The van der Waals surface area contributed by atoms with Gasteiger partial charge >= 0.3 is 5.97 Å². The molecule has 0 aliphatic heterocycles. The summed E-state index contributed by atoms with van der Waals surface area (Å²) in [7, 11) is 0. The number of nitrogens with zero attached hydrogens (tertiary/aromatic N) is 1. The van der Waals surface area contributed by atoms with Crippen LogP contribution in [0.4, 0.5) is 5.82 Å². The number of anilines is 1. The number of carboxylic acids is 1. The molecular formula is C14H14N2O2. The molecule has 1 aromatic heterocycles. The summed E-state index contributed by atoms with van der Waals surface area (Å²) in [5, 5.41) is 9.23. The van der Waals surface area contributed by atoms with Crippen LogP contribution in [0.15, 0.2) is 30.5 Å². The Hall–Kier alpha value is -2.36. The van der Waals surface area contributed by atoms with Crippen LogP contribution < -0.4 is 5.73 Å². The Morgan fingerprint density at radius 2 is 1.94 bits per heavy atom. The van der Waals surface area contributed by atoms with E-state index in [0.29, 0.717) is 5.56 Å². The van der Waals surface area contributed by atoms with Gasteiger partial charge in [0.25, 0.3) is 0 Å². The quantitative estimate of drug-likeness (QED) is 0.848. The molecule has 0 unspecified atom stereocenters. The van der Waals surface area contributed by atoms with Gasteiger partial charge in [0.1, 0.15) is 11.4 Å². The van der Waals surface area contributed by atoms with Crippen LogP contribution in [0, 0.1) is 13.8 Å². The minimum absolute atomic E-state index is 0.0416. The number of nitrogens with two attached hydrogens (primary N) is 1. The summed E-state index contributed by atoms with van der Waals surface area (Å²) in [5.74, 6) is -1.02. The maximum Gasteiger partial charge on any atom is 0.340 e. The van der Waals surface area contributed by atoms with Gasteiger partial charge in [0, 0.05) is 11.8 Å². The Balaban J connectivity index is 2.71. The predicted molar refractivity (Wildman–Crippen MR) is 70.5 cm³/mol. The molecule has 0 fully saturated rings. The third-order valence-electron chi connectivity index (χ3n) is 2.87. The van der Waals surface area contributed by atoms with Gasteiger partial charge < -0.3 is 10.8 Å². The number of nitrogen functional groups attached to an aromatic ring is 1. The van der Waals surface area contributed by atoms with Gasteiger partial charge in [0.2, 0.25) is 0 Å². The molecule has 0 radical (unpaired) electrons. The second kappa shape index (κ2) is 4.49. The summed E-state index contributed by atoms with van der Waals surface area (Å²) in [6.07, 6.45) is 1.52. The lowest BCUT2D eigenvalue weighted by Gasteiger charge is -2.11. The summed E-state index contributed by atoms with van der Waals surface area (Å²) in [6.45, 7) is 3.94. The third-order valence-corrected chi connectivity index (χ3v) is 2.87. The van der Waals surface area contributed by atoms with E-state index in [-0.39, 0.29) is 11.4 Å². The van der Waals surface area contributed by atoms with Gasteiger partial charge in [-0.3, -0.25) is 0 Å². The minimum atomic E-state index is -1.06. The Morgan fingerprint density at radius 3 is 2.56 bits per heavy atom. The molecule has 1 aromatic carbocycles. The van der Waals surface area contributed by atoms with Crippen molar-refractivity contribution in [1.29, 1.82) is 0 Å². The first kappa shape index (κ1) is 12.1. The number of aromatic nitrogens is 1. The van der Waals surface area contributed by atoms with Crippen LogP contribution in [0.2, 0.25) is 0 Å². The van der Waals surface area contributed by atoms with Crippen LogP contribution in [0.3, 0.4) is 0 Å². The number of aryl methyl sites for hydroxylation is 2. The summed E-state index contributed by atoms with van der Waals surface area (Å²) in [4.78, 5) is 15.1. The smallest absolute Gasteiger partial charge is 0.340 e. The number of carboxylic acid groups (broad SMARTS) is 1. The molecule has 0 atom stereocenters. The topological polar surface area (TPSA) is 76.2 Å². The third kappa shape index (κ3) is 2.05. The highest BCUT2D eigenvalue weighted by molar-refractivity contribution is 6.00. The van der Waals surface area contributed by atoms with Gasteiger partial charge in [-0.25, -0.2) is 9.78 Å². The first-order valence-corrected chi connectivity index (χ1v) is 5.56. The second-order valence-electron chi connectivity index (χ2n) is 4.24. The van der Waals surface area contributed by atoms with E-state index >= 15 is 0 Å². The van der Waals surface area contributed by atoms with Gasteiger partial charge in [-0.2, -0.15) is 0 Å². The molecular weight excluding hydrogens is 228 g/mol. The van der Waals surface area contributed by atoms with E-state index in [4.69, 9.17) is 5.73 Å². The number of rotatable bonds is 2. The van der Waals surface area contributed by atoms with Crippen LogP contribution in [0.1, 0.15) is 21.5 Å². The van der Waals surface area contributed by atoms with Crippen LogP contribution >= 0.6 is 0 Å². The van der Waals surface area contributed by atoms with E-state index in [2.05, 4.69) is 4.98 Å². The van der Waals surface area contributed by atoms with E-state index < -0.39 is 5.97 Å². The van der Waals surface area contributed by atoms with Gasteiger partial charge in [-0.05, 0) is 31.0 Å². The molecule has 2 aromatic rings. The summed E-state index contributed by atoms with van der Waals surface area (Å²) in [5.41, 5.74) is 9.33. The van der Waals surface area contributed by atoms with E-state index in [1.807, 2.05) is 32.0 Å². The van der Waals surface area contributed by atoms with Crippen LogP contribution in [0.25, 0.3) is 11.1 Å². The molecule has 0 aliphatic rings. The molecule has 0 saturated heterocycles. The van der Waals surface area contributed by atoms with E-state index in [9.17, 15) is 9.90 Å². The van der Waals surface area contributed by atoms with E-state index in [1.165, 1.54) is 6.20 Å². The van der Waals surface area contributed by atoms with Crippen molar-refractivity contribution >= 4 is 11.8 Å². The first-order chi connectivity index (χ1) is 8.50. The van der Waals surface area contributed by atoms with Crippen molar-refractivity contribution in [2.24, 2.45) is 0 Å². The van der Waals surface area contributed by atoms with Gasteiger partial charge in [0.15, 0.2) is 0 Å². The molecule has 0 saturated carbocycles. The minimum Gasteiger partial charge on any atom is -0.478 e. The standard InChI is InChI=1S/C14H14N2O2/c1-8-3-4-10(9(2)7-8)11-5-6-16-13(15)12(11)14(17)18/h3-7H,1-2H3,(H2,15,16)(H,17,18). The number of pyridine rings is 1. The van der Waals surface area contributed by atoms with E-state index in [0.717, 1.165) is 16.7 Å². The SMILES string of the molecule is Cc1ccc(-c2ccnc(N)c2C(=O)O)c(C)c1. The maximum absolute atomic E-state index is 11.3. The number of hydrogen-bond donors (Lipinski definition) is 2. The van der Waals surface area contributed by atoms with Crippen molar-refractivity contribution in [3.05, 3.63) is 47.2 Å². The number of hydrogen-bond acceptors (Lipinski definition) is 3. The van der Waals surface area contributed by atoms with Crippen molar-refractivity contribution in [1.82, 2.24) is 4.98 Å². The number of aromatic carboxylic acids is 1. The largest absolute Gasteiger partial charge is 0.478 e. The summed E-state index contributed by atoms with van der Waals surface area (Å²) < 4.78 is 0. The van der Waals surface area contributed by atoms with Crippen molar-refractivity contribution in [2.45, 2.75) is 13.8 Å². The Kier molecular flexibility index (Phi) is 3.02. The molecule has 2 rings (SSSR count). The van der Waals surface area contributed by atoms with Crippen molar-refractivity contribution in [3.63, 3.8) is 0 Å². The number of benzene rings is 1. The molecule has 0 bridgehead atoms. The fourth-order valence-corrected chi connectivity index (χ4v) is 2.04. The van der Waals surface area contributed by atoms with Gasteiger partial charge in [0.05, 0.1) is 0 Å². The average molecular weight is 242 g/mol.